The lowest BCUT2D eigenvalue weighted by atomic mass is 10.1. The second-order valence-corrected chi connectivity index (χ2v) is 5.86. The van der Waals surface area contributed by atoms with Gasteiger partial charge in [0.2, 0.25) is 11.7 Å². The normalized spacial score (nSPS) is 11.2. The molecule has 2 aromatic carbocycles. The quantitative estimate of drug-likeness (QED) is 0.566. The third kappa shape index (κ3) is 2.76. The van der Waals surface area contributed by atoms with Crippen LogP contribution in [0.1, 0.15) is 18.4 Å². The number of nitrogens with zero attached hydrogens (tertiary/aromatic N) is 5. The molecule has 0 aliphatic rings. The van der Waals surface area contributed by atoms with Crippen LogP contribution in [0.5, 0.6) is 0 Å². The summed E-state index contributed by atoms with van der Waals surface area (Å²) in [5.41, 5.74) is 3.73. The molecule has 120 valence electrons. The molecule has 0 unspecified atom stereocenters. The SMILES string of the molecule is CCn1nnc2cc(-c3noc(Cc4ccc(Cl)cc4)n3)ccc21. The Kier molecular flexibility index (Phi) is 3.74. The second kappa shape index (κ2) is 6.05. The molecule has 24 heavy (non-hydrogen) atoms. The Morgan fingerprint density at radius 3 is 2.75 bits per heavy atom. The Bertz CT molecular complexity index is 990. The predicted molar refractivity (Wildman–Crippen MR) is 90.8 cm³/mol. The zero-order valence-electron chi connectivity index (χ0n) is 13.0. The monoisotopic (exact) mass is 339 g/mol. The fraction of sp³-hybridized carbons (Fsp3) is 0.176. The van der Waals surface area contributed by atoms with Crippen LogP contribution in [0.2, 0.25) is 5.02 Å². The molecule has 2 aromatic heterocycles. The van der Waals surface area contributed by atoms with Gasteiger partial charge in [-0.3, -0.25) is 0 Å². The largest absolute Gasteiger partial charge is 0.339 e. The van der Waals surface area contributed by atoms with E-state index in [9.17, 15) is 0 Å². The highest BCUT2D eigenvalue weighted by atomic mass is 35.5. The van der Waals surface area contributed by atoms with E-state index in [1.807, 2.05) is 54.1 Å². The average Bonchev–Trinajstić information content (AvgIpc) is 3.23. The summed E-state index contributed by atoms with van der Waals surface area (Å²) in [7, 11) is 0. The number of hydrogen-bond donors (Lipinski definition) is 0. The van der Waals surface area contributed by atoms with E-state index in [0.29, 0.717) is 23.2 Å². The first-order chi connectivity index (χ1) is 11.7. The van der Waals surface area contributed by atoms with Crippen LogP contribution in [-0.4, -0.2) is 25.1 Å². The van der Waals surface area contributed by atoms with Crippen molar-refractivity contribution in [2.75, 3.05) is 0 Å². The number of rotatable bonds is 4. The Morgan fingerprint density at radius 2 is 1.96 bits per heavy atom. The molecule has 0 aliphatic carbocycles. The van der Waals surface area contributed by atoms with Crippen molar-refractivity contribution in [3.63, 3.8) is 0 Å². The van der Waals surface area contributed by atoms with E-state index in [4.69, 9.17) is 16.1 Å². The minimum absolute atomic E-state index is 0.548. The highest BCUT2D eigenvalue weighted by molar-refractivity contribution is 6.30. The highest BCUT2D eigenvalue weighted by Gasteiger charge is 2.12. The molecule has 7 heteroatoms. The maximum absolute atomic E-state index is 5.89. The van der Waals surface area contributed by atoms with E-state index < -0.39 is 0 Å². The first-order valence-electron chi connectivity index (χ1n) is 7.63. The van der Waals surface area contributed by atoms with Gasteiger partial charge >= 0.3 is 0 Å². The van der Waals surface area contributed by atoms with E-state index in [-0.39, 0.29) is 0 Å². The van der Waals surface area contributed by atoms with Gasteiger partial charge < -0.3 is 4.52 Å². The molecule has 4 aromatic rings. The lowest BCUT2D eigenvalue weighted by Gasteiger charge is -1.97. The van der Waals surface area contributed by atoms with Gasteiger partial charge in [-0.05, 0) is 42.8 Å². The zero-order valence-corrected chi connectivity index (χ0v) is 13.7. The maximum Gasteiger partial charge on any atom is 0.231 e. The molecule has 0 N–H and O–H groups in total. The van der Waals surface area contributed by atoms with Gasteiger partial charge in [-0.1, -0.05) is 34.1 Å². The predicted octanol–water partition coefficient (Wildman–Crippen LogP) is 3.75. The molecule has 0 atom stereocenters. The van der Waals surface area contributed by atoms with Gasteiger partial charge in [-0.25, -0.2) is 4.68 Å². The molecular weight excluding hydrogens is 326 g/mol. The molecule has 2 heterocycles. The maximum atomic E-state index is 5.89. The fourth-order valence-electron chi connectivity index (χ4n) is 2.57. The summed E-state index contributed by atoms with van der Waals surface area (Å²) < 4.78 is 7.20. The van der Waals surface area contributed by atoms with Crippen molar-refractivity contribution in [3.05, 3.63) is 58.9 Å². The van der Waals surface area contributed by atoms with Gasteiger partial charge in [0.15, 0.2) is 0 Å². The number of fused-ring (bicyclic) bond motifs is 1. The Morgan fingerprint density at radius 1 is 1.12 bits per heavy atom. The van der Waals surface area contributed by atoms with Crippen LogP contribution < -0.4 is 0 Å². The number of hydrogen-bond acceptors (Lipinski definition) is 5. The van der Waals surface area contributed by atoms with Gasteiger partial charge in [0.05, 0.1) is 11.9 Å². The van der Waals surface area contributed by atoms with E-state index in [2.05, 4.69) is 20.5 Å². The Hall–Kier alpha value is -2.73. The van der Waals surface area contributed by atoms with E-state index in [0.717, 1.165) is 28.7 Å². The standard InChI is InChI=1S/C17H14ClN5O/c1-2-23-15-8-5-12(10-14(15)20-22-23)17-19-16(24-21-17)9-11-3-6-13(18)7-4-11/h3-8,10H,2,9H2,1H3. The first-order valence-corrected chi connectivity index (χ1v) is 8.01. The number of halogens is 1. The van der Waals surface area contributed by atoms with E-state index in [1.54, 1.807) is 0 Å². The molecule has 0 radical (unpaired) electrons. The second-order valence-electron chi connectivity index (χ2n) is 5.42. The first kappa shape index (κ1) is 14.8. The van der Waals surface area contributed by atoms with Crippen molar-refractivity contribution < 1.29 is 4.52 Å². The van der Waals surface area contributed by atoms with Crippen molar-refractivity contribution in [2.24, 2.45) is 0 Å². The molecule has 0 saturated heterocycles. The van der Waals surface area contributed by atoms with Crippen LogP contribution in [-0.2, 0) is 13.0 Å². The van der Waals surface area contributed by atoms with Crippen LogP contribution in [0.15, 0.2) is 47.0 Å². The molecule has 0 bridgehead atoms. The minimum atomic E-state index is 0.548. The van der Waals surface area contributed by atoms with Crippen LogP contribution in [0.3, 0.4) is 0 Å². The molecule has 6 nitrogen and oxygen atoms in total. The summed E-state index contributed by atoms with van der Waals surface area (Å²) in [6.45, 7) is 2.81. The van der Waals surface area contributed by atoms with Crippen LogP contribution >= 0.6 is 11.6 Å². The summed E-state index contributed by atoms with van der Waals surface area (Å²) in [5.74, 6) is 1.11. The van der Waals surface area contributed by atoms with Gasteiger partial charge in [-0.15, -0.1) is 5.10 Å². The molecular formula is C17H14ClN5O. The topological polar surface area (TPSA) is 69.6 Å². The fourth-order valence-corrected chi connectivity index (χ4v) is 2.69. The summed E-state index contributed by atoms with van der Waals surface area (Å²) in [6.07, 6.45) is 0.568. The molecule has 0 fully saturated rings. The third-order valence-electron chi connectivity index (χ3n) is 3.81. The van der Waals surface area contributed by atoms with Crippen LogP contribution in [0, 0.1) is 0 Å². The van der Waals surface area contributed by atoms with Crippen molar-refractivity contribution in [1.82, 2.24) is 25.1 Å². The average molecular weight is 340 g/mol. The van der Waals surface area contributed by atoms with Crippen molar-refractivity contribution in [3.8, 4) is 11.4 Å². The summed E-state index contributed by atoms with van der Waals surface area (Å²) in [6, 6.07) is 13.4. The van der Waals surface area contributed by atoms with Crippen LogP contribution in [0.4, 0.5) is 0 Å². The smallest absolute Gasteiger partial charge is 0.231 e. The molecule has 0 aliphatic heterocycles. The van der Waals surface area contributed by atoms with E-state index >= 15 is 0 Å². The molecule has 0 saturated carbocycles. The van der Waals surface area contributed by atoms with Gasteiger partial charge in [0.25, 0.3) is 0 Å². The van der Waals surface area contributed by atoms with Crippen molar-refractivity contribution in [1.29, 1.82) is 0 Å². The highest BCUT2D eigenvalue weighted by Crippen LogP contribution is 2.22. The molecule has 0 spiro atoms. The van der Waals surface area contributed by atoms with Crippen LogP contribution in [0.25, 0.3) is 22.4 Å². The number of aromatic nitrogens is 5. The zero-order chi connectivity index (χ0) is 16.5. The summed E-state index contributed by atoms with van der Waals surface area (Å²) in [4.78, 5) is 4.47. The van der Waals surface area contributed by atoms with Gasteiger partial charge in [-0.2, -0.15) is 4.98 Å². The van der Waals surface area contributed by atoms with Crippen molar-refractivity contribution >= 4 is 22.6 Å². The summed E-state index contributed by atoms with van der Waals surface area (Å²) in [5, 5.41) is 13.1. The summed E-state index contributed by atoms with van der Waals surface area (Å²) >= 11 is 5.89. The Balaban J connectivity index is 1.61. The van der Waals surface area contributed by atoms with Gasteiger partial charge in [0, 0.05) is 17.1 Å². The number of aryl methyl sites for hydroxylation is 1. The van der Waals surface area contributed by atoms with E-state index in [1.165, 1.54) is 0 Å². The third-order valence-corrected chi connectivity index (χ3v) is 4.06. The Labute approximate surface area is 143 Å². The lowest BCUT2D eigenvalue weighted by molar-refractivity contribution is 0.385. The molecule has 4 rings (SSSR count). The minimum Gasteiger partial charge on any atom is -0.339 e. The number of benzene rings is 2. The van der Waals surface area contributed by atoms with Gasteiger partial charge in [0.1, 0.15) is 5.52 Å². The molecule has 0 amide bonds. The lowest BCUT2D eigenvalue weighted by Crippen LogP contribution is -1.95. The van der Waals surface area contributed by atoms with Crippen molar-refractivity contribution in [2.45, 2.75) is 19.9 Å².